The summed E-state index contributed by atoms with van der Waals surface area (Å²) in [6.07, 6.45) is 3.24. The van der Waals surface area contributed by atoms with Crippen LogP contribution in [0.4, 0.5) is 0 Å². The summed E-state index contributed by atoms with van der Waals surface area (Å²) in [4.78, 5) is 15.0. The predicted molar refractivity (Wildman–Crippen MR) is 101 cm³/mol. The zero-order valence-electron chi connectivity index (χ0n) is 15.5. The Bertz CT molecular complexity index is 978. The molecule has 0 spiro atoms. The van der Waals surface area contributed by atoms with E-state index in [1.54, 1.807) is 5.94 Å². The lowest BCUT2D eigenvalue weighted by Crippen LogP contribution is -2.03. The van der Waals surface area contributed by atoms with E-state index in [2.05, 4.69) is 31.0 Å². The first-order valence-corrected chi connectivity index (χ1v) is 8.50. The molecule has 0 N–H and O–H groups in total. The quantitative estimate of drug-likeness (QED) is 0.633. The Morgan fingerprint density at radius 1 is 1.15 bits per heavy atom. The van der Waals surface area contributed by atoms with Gasteiger partial charge in [-0.05, 0) is 56.0 Å². The first-order valence-electron chi connectivity index (χ1n) is 8.50. The number of hydrogen-bond donors (Lipinski definition) is 0. The second-order valence-electron chi connectivity index (χ2n) is 6.37. The van der Waals surface area contributed by atoms with E-state index in [1.807, 2.05) is 36.6 Å². The third-order valence-electron chi connectivity index (χ3n) is 4.35. The summed E-state index contributed by atoms with van der Waals surface area (Å²) >= 11 is 0. The van der Waals surface area contributed by atoms with Crippen LogP contribution in [-0.2, 0) is 11.4 Å². The minimum Gasteiger partial charge on any atom is -0.485 e. The zero-order chi connectivity index (χ0) is 18.7. The van der Waals surface area contributed by atoms with Gasteiger partial charge in [-0.2, -0.15) is 0 Å². The molecule has 26 heavy (non-hydrogen) atoms. The SMILES string of the molecule is Cc1cc(OCc2c(C)cccc2C)c2nc(C)c(OCC=C=O)n2c1. The van der Waals surface area contributed by atoms with Gasteiger partial charge in [0.15, 0.2) is 11.4 Å². The van der Waals surface area contributed by atoms with Crippen LogP contribution in [0.2, 0.25) is 0 Å². The molecule has 0 amide bonds. The molecule has 0 atom stereocenters. The molecule has 1 aromatic carbocycles. The van der Waals surface area contributed by atoms with Crippen LogP contribution in [0.5, 0.6) is 11.6 Å². The minimum absolute atomic E-state index is 0.157. The molecule has 0 fully saturated rings. The minimum atomic E-state index is 0.157. The maximum Gasteiger partial charge on any atom is 0.221 e. The molecule has 0 saturated heterocycles. The topological polar surface area (TPSA) is 52.8 Å². The Labute approximate surface area is 152 Å². The van der Waals surface area contributed by atoms with Crippen LogP contribution in [-0.4, -0.2) is 21.9 Å². The number of hydrogen-bond acceptors (Lipinski definition) is 4. The molecule has 0 saturated carbocycles. The fraction of sp³-hybridized carbons (Fsp3) is 0.286. The molecule has 134 valence electrons. The standard InChI is InChI=1S/C21H22N2O3/c1-14-11-19(26-13-18-15(2)7-5-8-16(18)3)20-22-17(4)21(23(20)12-14)25-10-6-9-24/h5-8,11-12H,10,13H2,1-4H3. The zero-order valence-corrected chi connectivity index (χ0v) is 15.5. The predicted octanol–water partition coefficient (Wildman–Crippen LogP) is 3.91. The van der Waals surface area contributed by atoms with Crippen LogP contribution >= 0.6 is 0 Å². The van der Waals surface area contributed by atoms with Gasteiger partial charge in [-0.3, -0.25) is 4.40 Å². The number of aryl methyl sites for hydroxylation is 4. The lowest BCUT2D eigenvalue weighted by atomic mass is 10.0. The summed E-state index contributed by atoms with van der Waals surface area (Å²) in [5.74, 6) is 3.02. The van der Waals surface area contributed by atoms with E-state index in [0.29, 0.717) is 23.9 Å². The molecular weight excluding hydrogens is 328 g/mol. The van der Waals surface area contributed by atoms with Crippen molar-refractivity contribution in [1.82, 2.24) is 9.38 Å². The molecule has 0 aliphatic heterocycles. The van der Waals surface area contributed by atoms with Crippen molar-refractivity contribution in [3.63, 3.8) is 0 Å². The molecule has 2 heterocycles. The van der Waals surface area contributed by atoms with Crippen molar-refractivity contribution in [3.05, 3.63) is 64.5 Å². The Hall–Kier alpha value is -3.04. The second kappa shape index (κ2) is 7.46. The normalized spacial score (nSPS) is 10.6. The molecular formula is C21H22N2O3. The molecule has 0 aliphatic rings. The van der Waals surface area contributed by atoms with E-state index in [4.69, 9.17) is 9.47 Å². The average Bonchev–Trinajstić information content (AvgIpc) is 2.90. The first kappa shape index (κ1) is 17.8. The highest BCUT2D eigenvalue weighted by molar-refractivity contribution is 5.59. The molecule has 3 aromatic rings. The molecule has 3 rings (SSSR count). The van der Waals surface area contributed by atoms with Gasteiger partial charge in [-0.15, -0.1) is 0 Å². The number of fused-ring (bicyclic) bond motifs is 1. The van der Waals surface area contributed by atoms with Crippen LogP contribution in [0.15, 0.2) is 36.5 Å². The van der Waals surface area contributed by atoms with E-state index in [-0.39, 0.29) is 6.61 Å². The lowest BCUT2D eigenvalue weighted by molar-refractivity contribution is 0.305. The van der Waals surface area contributed by atoms with Gasteiger partial charge in [0, 0.05) is 12.3 Å². The van der Waals surface area contributed by atoms with Crippen molar-refractivity contribution in [2.45, 2.75) is 34.3 Å². The third-order valence-corrected chi connectivity index (χ3v) is 4.35. The summed E-state index contributed by atoms with van der Waals surface area (Å²) in [5.41, 5.74) is 6.07. The molecule has 0 bridgehead atoms. The van der Waals surface area contributed by atoms with E-state index >= 15 is 0 Å². The fourth-order valence-electron chi connectivity index (χ4n) is 3.00. The Kier molecular flexibility index (Phi) is 5.10. The number of benzene rings is 1. The monoisotopic (exact) mass is 350 g/mol. The Balaban J connectivity index is 1.96. The van der Waals surface area contributed by atoms with Crippen molar-refractivity contribution < 1.29 is 14.3 Å². The average molecular weight is 350 g/mol. The van der Waals surface area contributed by atoms with Crippen LogP contribution in [0.25, 0.3) is 5.65 Å². The molecule has 2 aromatic heterocycles. The lowest BCUT2D eigenvalue weighted by Gasteiger charge is -2.13. The molecule has 0 unspecified atom stereocenters. The van der Waals surface area contributed by atoms with Gasteiger partial charge < -0.3 is 9.47 Å². The van der Waals surface area contributed by atoms with Crippen molar-refractivity contribution in [2.75, 3.05) is 6.61 Å². The number of aromatic nitrogens is 2. The van der Waals surface area contributed by atoms with E-state index in [0.717, 1.165) is 11.3 Å². The largest absolute Gasteiger partial charge is 0.485 e. The molecule has 0 radical (unpaired) electrons. The van der Waals surface area contributed by atoms with Crippen LogP contribution < -0.4 is 9.47 Å². The summed E-state index contributed by atoms with van der Waals surface area (Å²) < 4.78 is 13.7. The number of imidazole rings is 1. The third kappa shape index (κ3) is 3.48. The summed E-state index contributed by atoms with van der Waals surface area (Å²) in [5, 5.41) is 0. The van der Waals surface area contributed by atoms with Gasteiger partial charge in [0.05, 0.1) is 0 Å². The number of nitrogens with zero attached hydrogens (tertiary/aromatic N) is 2. The summed E-state index contributed by atoms with van der Waals surface area (Å²) in [6.45, 7) is 8.68. The highest BCUT2D eigenvalue weighted by Crippen LogP contribution is 2.29. The van der Waals surface area contributed by atoms with Gasteiger partial charge >= 0.3 is 0 Å². The van der Waals surface area contributed by atoms with Crippen molar-refractivity contribution >= 4 is 11.6 Å². The Morgan fingerprint density at radius 2 is 1.88 bits per heavy atom. The number of pyridine rings is 1. The fourth-order valence-corrected chi connectivity index (χ4v) is 3.00. The highest BCUT2D eigenvalue weighted by atomic mass is 16.5. The van der Waals surface area contributed by atoms with Gasteiger partial charge in [0.25, 0.3) is 0 Å². The maximum atomic E-state index is 10.4. The Morgan fingerprint density at radius 3 is 2.58 bits per heavy atom. The van der Waals surface area contributed by atoms with Gasteiger partial charge in [-0.1, -0.05) is 18.2 Å². The van der Waals surface area contributed by atoms with Crippen molar-refractivity contribution in [2.24, 2.45) is 0 Å². The molecule has 0 aliphatic carbocycles. The van der Waals surface area contributed by atoms with Gasteiger partial charge in [-0.25, -0.2) is 9.78 Å². The smallest absolute Gasteiger partial charge is 0.221 e. The molecule has 5 heteroatoms. The first-order chi connectivity index (χ1) is 12.5. The number of ether oxygens (including phenoxy) is 2. The van der Waals surface area contributed by atoms with Gasteiger partial charge in [0.2, 0.25) is 5.88 Å². The van der Waals surface area contributed by atoms with Crippen molar-refractivity contribution in [1.29, 1.82) is 0 Å². The number of rotatable bonds is 6. The van der Waals surface area contributed by atoms with E-state index in [9.17, 15) is 4.79 Å². The molecule has 5 nitrogen and oxygen atoms in total. The highest BCUT2D eigenvalue weighted by Gasteiger charge is 2.15. The summed E-state index contributed by atoms with van der Waals surface area (Å²) in [6, 6.07) is 8.20. The van der Waals surface area contributed by atoms with E-state index in [1.165, 1.54) is 22.8 Å². The van der Waals surface area contributed by atoms with Crippen LogP contribution in [0, 0.1) is 27.7 Å². The maximum absolute atomic E-state index is 10.4. The van der Waals surface area contributed by atoms with Crippen LogP contribution in [0.1, 0.15) is 27.9 Å². The second-order valence-corrected chi connectivity index (χ2v) is 6.37. The number of carbonyl (C=O) groups excluding carboxylic acids is 1. The van der Waals surface area contributed by atoms with Gasteiger partial charge in [0.1, 0.15) is 24.8 Å². The van der Waals surface area contributed by atoms with Crippen molar-refractivity contribution in [3.8, 4) is 11.6 Å². The summed E-state index contributed by atoms with van der Waals surface area (Å²) in [7, 11) is 0. The van der Waals surface area contributed by atoms with E-state index < -0.39 is 0 Å². The van der Waals surface area contributed by atoms with Crippen LogP contribution in [0.3, 0.4) is 0 Å².